The maximum atomic E-state index is 12.4. The van der Waals surface area contributed by atoms with E-state index >= 15 is 0 Å². The third kappa shape index (κ3) is 1.60. The number of hydrogen-bond donors (Lipinski definition) is 0. The van der Waals surface area contributed by atoms with Gasteiger partial charge < -0.3 is 9.94 Å². The Morgan fingerprint density at radius 3 is 2.74 bits per heavy atom. The molecule has 0 aliphatic rings. The van der Waals surface area contributed by atoms with Crippen LogP contribution in [0.2, 0.25) is 0 Å². The Hall–Kier alpha value is -2.65. The molecule has 0 fully saturated rings. The van der Waals surface area contributed by atoms with Crippen LogP contribution in [0.1, 0.15) is 5.69 Å². The van der Waals surface area contributed by atoms with Crippen LogP contribution in [0.5, 0.6) is 0 Å². The van der Waals surface area contributed by atoms with E-state index in [4.69, 9.17) is 5.26 Å². The van der Waals surface area contributed by atoms with Gasteiger partial charge in [0, 0.05) is 11.0 Å². The summed E-state index contributed by atoms with van der Waals surface area (Å²) >= 11 is 1.31. The third-order valence-electron chi connectivity index (χ3n) is 2.81. The van der Waals surface area contributed by atoms with Gasteiger partial charge in [0.15, 0.2) is 6.07 Å². The van der Waals surface area contributed by atoms with E-state index in [1.165, 1.54) is 17.4 Å². The topological polar surface area (TPSA) is 74.8 Å². The van der Waals surface area contributed by atoms with E-state index < -0.39 is 0 Å². The number of nitrogens with zero attached hydrogens (tertiary/aromatic N) is 3. The van der Waals surface area contributed by atoms with Gasteiger partial charge in [-0.25, -0.2) is 0 Å². The standard InChI is InChI=1S/C13H7N3O2S/c14-8-11-13(12-6-3-7-19-12)16(18)10-5-2-1-4-9(10)15(11)17/h1-7H. The minimum atomic E-state index is -0.184. The molecule has 0 spiro atoms. The summed E-state index contributed by atoms with van der Waals surface area (Å²) in [7, 11) is 0. The first-order chi connectivity index (χ1) is 9.24. The van der Waals surface area contributed by atoms with E-state index in [9.17, 15) is 10.1 Å². The minimum Gasteiger partial charge on any atom is -0.805 e. The average molecular weight is 269 g/mol. The zero-order valence-electron chi connectivity index (χ0n) is 9.61. The van der Waals surface area contributed by atoms with Crippen molar-refractivity contribution in [3.8, 4) is 16.6 Å². The van der Waals surface area contributed by atoms with Crippen LogP contribution in [-0.2, 0) is 0 Å². The predicted octanol–water partition coefficient (Wildman–Crippen LogP) is 2.50. The van der Waals surface area contributed by atoms with E-state index in [0.29, 0.717) is 14.0 Å². The molecule has 0 N–H and O–H groups in total. The normalized spacial score (nSPS) is 10.5. The number of hydrogen-bond acceptors (Lipinski definition) is 4. The molecule has 0 aliphatic heterocycles. The van der Waals surface area contributed by atoms with Crippen LogP contribution in [0.4, 0.5) is 0 Å². The lowest BCUT2D eigenvalue weighted by molar-refractivity contribution is -0.467. The third-order valence-corrected chi connectivity index (χ3v) is 3.69. The lowest BCUT2D eigenvalue weighted by atomic mass is 10.2. The summed E-state index contributed by atoms with van der Waals surface area (Å²) in [6.07, 6.45) is 0. The molecule has 0 saturated heterocycles. The van der Waals surface area contributed by atoms with Crippen molar-refractivity contribution >= 4 is 22.4 Å². The van der Waals surface area contributed by atoms with Crippen molar-refractivity contribution in [1.82, 2.24) is 4.73 Å². The van der Waals surface area contributed by atoms with E-state index in [2.05, 4.69) is 0 Å². The Morgan fingerprint density at radius 2 is 2.05 bits per heavy atom. The molecule has 0 aliphatic carbocycles. The highest BCUT2D eigenvalue weighted by Gasteiger charge is 2.23. The number of rotatable bonds is 1. The molecule has 3 aromatic rings. The lowest BCUT2D eigenvalue weighted by Gasteiger charge is -2.16. The Morgan fingerprint density at radius 1 is 1.26 bits per heavy atom. The second-order valence-electron chi connectivity index (χ2n) is 3.86. The summed E-state index contributed by atoms with van der Waals surface area (Å²) in [5.74, 6) is 0. The summed E-state index contributed by atoms with van der Waals surface area (Å²) in [5.41, 5.74) is 0.358. The SMILES string of the molecule is N#Cc1c(-c2cccs2)n([O-])c2ccccc2[n+]1=O. The molecule has 5 nitrogen and oxygen atoms in total. The Labute approximate surface area is 111 Å². The summed E-state index contributed by atoms with van der Waals surface area (Å²) in [5, 5.41) is 23.3. The molecular formula is C13H7N3O2S. The largest absolute Gasteiger partial charge is 0.805 e. The van der Waals surface area contributed by atoms with Crippen molar-refractivity contribution in [1.29, 1.82) is 5.26 Å². The van der Waals surface area contributed by atoms with Crippen molar-refractivity contribution < 1.29 is 4.43 Å². The Balaban J connectivity index is 2.56. The Bertz CT molecular complexity index is 860. The fraction of sp³-hybridized carbons (Fsp3) is 0. The molecule has 0 saturated carbocycles. The fourth-order valence-corrected chi connectivity index (χ4v) is 2.72. The molecule has 0 bridgehead atoms. The zero-order valence-corrected chi connectivity index (χ0v) is 10.4. The molecule has 0 atom stereocenters. The quantitative estimate of drug-likeness (QED) is 0.637. The molecule has 92 valence electrons. The first kappa shape index (κ1) is 11.4. The number of fused-ring (bicyclic) bond motifs is 1. The highest BCUT2D eigenvalue weighted by molar-refractivity contribution is 7.13. The molecular weight excluding hydrogens is 262 g/mol. The predicted molar refractivity (Wildman–Crippen MR) is 72.1 cm³/mol. The number of para-hydroxylation sites is 2. The van der Waals surface area contributed by atoms with E-state index in [-0.39, 0.29) is 22.4 Å². The molecule has 3 rings (SSSR count). The smallest absolute Gasteiger partial charge is 0.364 e. The number of aromatic nitrogens is 2. The van der Waals surface area contributed by atoms with Gasteiger partial charge in [-0.1, -0.05) is 18.2 Å². The van der Waals surface area contributed by atoms with Crippen molar-refractivity contribution in [2.45, 2.75) is 0 Å². The number of thiophene rings is 1. The van der Waals surface area contributed by atoms with Gasteiger partial charge in [-0.05, 0) is 17.5 Å². The molecule has 6 heteroatoms. The molecule has 0 radical (unpaired) electrons. The summed E-state index contributed by atoms with van der Waals surface area (Å²) in [4.78, 5) is 12.8. The van der Waals surface area contributed by atoms with Crippen LogP contribution < -0.4 is 4.43 Å². The second kappa shape index (κ2) is 4.23. The maximum Gasteiger partial charge on any atom is 0.364 e. The van der Waals surface area contributed by atoms with Gasteiger partial charge in [0.05, 0.1) is 9.30 Å². The molecule has 2 heterocycles. The van der Waals surface area contributed by atoms with Gasteiger partial charge in [0.25, 0.3) is 5.52 Å². The van der Waals surface area contributed by atoms with E-state index in [1.807, 2.05) is 6.07 Å². The molecule has 19 heavy (non-hydrogen) atoms. The van der Waals surface area contributed by atoms with E-state index in [1.54, 1.807) is 35.7 Å². The van der Waals surface area contributed by atoms with Crippen molar-refractivity contribution in [3.63, 3.8) is 0 Å². The van der Waals surface area contributed by atoms with E-state index in [0.717, 1.165) is 0 Å². The average Bonchev–Trinajstić information content (AvgIpc) is 2.96. The molecule has 0 amide bonds. The van der Waals surface area contributed by atoms with Crippen LogP contribution in [-0.4, -0.2) is 4.73 Å². The monoisotopic (exact) mass is 269 g/mol. The molecule has 0 unspecified atom stereocenters. The molecule has 1 aromatic carbocycles. The van der Waals surface area contributed by atoms with Gasteiger partial charge in [-0.3, -0.25) is 0 Å². The van der Waals surface area contributed by atoms with Gasteiger partial charge in [0.1, 0.15) is 11.2 Å². The maximum absolute atomic E-state index is 12.4. The van der Waals surface area contributed by atoms with Crippen molar-refractivity contribution in [2.24, 2.45) is 0 Å². The zero-order chi connectivity index (χ0) is 13.4. The lowest BCUT2D eigenvalue weighted by Crippen LogP contribution is -2.24. The molecule has 2 aromatic heterocycles. The van der Waals surface area contributed by atoms with Crippen LogP contribution in [0.3, 0.4) is 0 Å². The van der Waals surface area contributed by atoms with Crippen molar-refractivity contribution in [2.75, 3.05) is 0 Å². The van der Waals surface area contributed by atoms with Gasteiger partial charge in [0.2, 0.25) is 0 Å². The minimum absolute atomic E-state index is 0.103. The van der Waals surface area contributed by atoms with Gasteiger partial charge >= 0.3 is 5.69 Å². The van der Waals surface area contributed by atoms with Crippen molar-refractivity contribution in [3.05, 3.63) is 57.6 Å². The highest BCUT2D eigenvalue weighted by atomic mass is 32.1. The summed E-state index contributed by atoms with van der Waals surface area (Å²) < 4.78 is 1.16. The highest BCUT2D eigenvalue weighted by Crippen LogP contribution is 2.28. The first-order valence-corrected chi connectivity index (χ1v) is 6.34. The van der Waals surface area contributed by atoms with Crippen LogP contribution in [0.15, 0.2) is 41.8 Å². The number of nitriles is 1. The first-order valence-electron chi connectivity index (χ1n) is 5.46. The van der Waals surface area contributed by atoms with Crippen LogP contribution in [0, 0.1) is 21.4 Å². The van der Waals surface area contributed by atoms with Gasteiger partial charge in [-0.2, -0.15) is 5.26 Å². The van der Waals surface area contributed by atoms with Crippen LogP contribution >= 0.6 is 11.3 Å². The van der Waals surface area contributed by atoms with Gasteiger partial charge in [-0.15, -0.1) is 11.3 Å². The Kier molecular flexibility index (Phi) is 2.54. The fourth-order valence-electron chi connectivity index (χ4n) is 1.97. The summed E-state index contributed by atoms with van der Waals surface area (Å²) in [6.45, 7) is 0. The van der Waals surface area contributed by atoms with Crippen LogP contribution in [0.25, 0.3) is 21.6 Å². The second-order valence-corrected chi connectivity index (χ2v) is 4.81. The summed E-state index contributed by atoms with van der Waals surface area (Å²) in [6, 6.07) is 11.7. The number of benzene rings is 1.